The van der Waals surface area contributed by atoms with Crippen LogP contribution in [-0.2, 0) is 0 Å². The number of carbonyl (C=O) groups is 1. The highest BCUT2D eigenvalue weighted by Crippen LogP contribution is 2.29. The van der Waals surface area contributed by atoms with Crippen LogP contribution in [0.2, 0.25) is 0 Å². The predicted octanol–water partition coefficient (Wildman–Crippen LogP) is 3.83. The topological polar surface area (TPSA) is 46.5 Å². The maximum absolute atomic E-state index is 11.9. The summed E-state index contributed by atoms with van der Waals surface area (Å²) in [5.41, 5.74) is 2.17. The summed E-state index contributed by atoms with van der Waals surface area (Å²) >= 11 is 0. The molecule has 0 bridgehead atoms. The molecule has 3 heteroatoms. The minimum atomic E-state index is -0.142. The number of ketones is 1. The van der Waals surface area contributed by atoms with E-state index in [1.165, 1.54) is 6.08 Å². The average Bonchev–Trinajstić information content (AvgIpc) is 2.47. The van der Waals surface area contributed by atoms with Crippen LogP contribution in [0.25, 0.3) is 11.1 Å². The molecule has 1 N–H and O–H groups in total. The smallest absolute Gasteiger partial charge is 0.185 e. The van der Waals surface area contributed by atoms with Gasteiger partial charge < -0.3 is 9.84 Å². The average molecular weight is 268 g/mol. The van der Waals surface area contributed by atoms with Crippen LogP contribution in [0.15, 0.2) is 55.1 Å². The summed E-state index contributed by atoms with van der Waals surface area (Å²) in [7, 11) is 0. The SMILES string of the molecule is C=CC(=O)c1ccc(OCC)cc1-c1ccc(O)cc1. The number of allylic oxidation sites excluding steroid dienone is 1. The van der Waals surface area contributed by atoms with Crippen LogP contribution in [0.5, 0.6) is 11.5 Å². The van der Waals surface area contributed by atoms with Gasteiger partial charge in [-0.3, -0.25) is 4.79 Å². The van der Waals surface area contributed by atoms with E-state index in [0.29, 0.717) is 17.9 Å². The Morgan fingerprint density at radius 2 is 1.95 bits per heavy atom. The summed E-state index contributed by atoms with van der Waals surface area (Å²) in [6.07, 6.45) is 1.29. The number of phenolic OH excluding ortho intramolecular Hbond substituents is 1. The first-order valence-corrected chi connectivity index (χ1v) is 6.38. The second-order valence-electron chi connectivity index (χ2n) is 4.26. The van der Waals surface area contributed by atoms with Crippen molar-refractivity contribution in [2.45, 2.75) is 6.92 Å². The largest absolute Gasteiger partial charge is 0.508 e. The van der Waals surface area contributed by atoms with E-state index in [1.807, 2.05) is 13.0 Å². The van der Waals surface area contributed by atoms with Crippen molar-refractivity contribution >= 4 is 5.78 Å². The third kappa shape index (κ3) is 2.88. The van der Waals surface area contributed by atoms with Crippen molar-refractivity contribution in [1.29, 1.82) is 0 Å². The highest BCUT2D eigenvalue weighted by molar-refractivity contribution is 6.09. The van der Waals surface area contributed by atoms with E-state index in [0.717, 1.165) is 11.1 Å². The normalized spacial score (nSPS) is 10.1. The molecule has 0 aliphatic rings. The molecule has 102 valence electrons. The second kappa shape index (κ2) is 6.06. The lowest BCUT2D eigenvalue weighted by molar-refractivity contribution is 0.104. The Morgan fingerprint density at radius 1 is 1.25 bits per heavy atom. The Hall–Kier alpha value is -2.55. The quantitative estimate of drug-likeness (QED) is 0.662. The van der Waals surface area contributed by atoms with Gasteiger partial charge >= 0.3 is 0 Å². The zero-order valence-electron chi connectivity index (χ0n) is 11.3. The van der Waals surface area contributed by atoms with Crippen LogP contribution in [0.3, 0.4) is 0 Å². The Bertz CT molecular complexity index is 627. The number of ether oxygens (including phenoxy) is 1. The zero-order chi connectivity index (χ0) is 14.5. The second-order valence-corrected chi connectivity index (χ2v) is 4.26. The fourth-order valence-corrected chi connectivity index (χ4v) is 1.98. The van der Waals surface area contributed by atoms with Gasteiger partial charge in [0.05, 0.1) is 6.61 Å². The molecule has 0 saturated carbocycles. The third-order valence-corrected chi connectivity index (χ3v) is 2.93. The number of benzene rings is 2. The molecule has 0 spiro atoms. The molecule has 0 aromatic heterocycles. The molecule has 20 heavy (non-hydrogen) atoms. The van der Waals surface area contributed by atoms with Crippen LogP contribution in [0, 0.1) is 0 Å². The van der Waals surface area contributed by atoms with E-state index in [4.69, 9.17) is 4.74 Å². The third-order valence-electron chi connectivity index (χ3n) is 2.93. The molecule has 2 rings (SSSR count). The molecule has 0 fully saturated rings. The molecule has 0 unspecified atom stereocenters. The van der Waals surface area contributed by atoms with Crippen LogP contribution in [-0.4, -0.2) is 17.5 Å². The van der Waals surface area contributed by atoms with Gasteiger partial charge in [-0.1, -0.05) is 18.7 Å². The minimum Gasteiger partial charge on any atom is -0.508 e. The van der Waals surface area contributed by atoms with Gasteiger partial charge in [-0.05, 0) is 54.5 Å². The van der Waals surface area contributed by atoms with Crippen molar-refractivity contribution in [1.82, 2.24) is 0 Å². The summed E-state index contributed by atoms with van der Waals surface area (Å²) in [4.78, 5) is 11.9. The Morgan fingerprint density at radius 3 is 2.55 bits per heavy atom. The Kier molecular flexibility index (Phi) is 4.20. The molecule has 0 aliphatic carbocycles. The Balaban J connectivity index is 2.56. The first kappa shape index (κ1) is 13.9. The number of rotatable bonds is 5. The summed E-state index contributed by atoms with van der Waals surface area (Å²) in [5, 5.41) is 9.36. The van der Waals surface area contributed by atoms with Crippen molar-refractivity contribution < 1.29 is 14.6 Å². The first-order chi connectivity index (χ1) is 9.65. The summed E-state index contributed by atoms with van der Waals surface area (Å²) < 4.78 is 5.47. The maximum Gasteiger partial charge on any atom is 0.185 e. The van der Waals surface area contributed by atoms with Crippen LogP contribution in [0.4, 0.5) is 0 Å². The standard InChI is InChI=1S/C17H16O3/c1-3-17(19)15-10-9-14(20-4-2)11-16(15)12-5-7-13(18)8-6-12/h3,5-11,18H,1,4H2,2H3. The van der Waals surface area contributed by atoms with E-state index in [-0.39, 0.29) is 11.5 Å². The van der Waals surface area contributed by atoms with Gasteiger partial charge in [0.2, 0.25) is 0 Å². The van der Waals surface area contributed by atoms with Crippen molar-refractivity contribution in [3.05, 3.63) is 60.7 Å². The Labute approximate surface area is 118 Å². The molecule has 2 aromatic carbocycles. The number of hydrogen-bond acceptors (Lipinski definition) is 3. The molecular weight excluding hydrogens is 252 g/mol. The number of aromatic hydroxyl groups is 1. The van der Waals surface area contributed by atoms with Gasteiger partial charge in [0, 0.05) is 5.56 Å². The lowest BCUT2D eigenvalue weighted by Gasteiger charge is -2.11. The molecular formula is C17H16O3. The van der Waals surface area contributed by atoms with E-state index in [1.54, 1.807) is 36.4 Å². The highest BCUT2D eigenvalue weighted by Gasteiger charge is 2.12. The van der Waals surface area contributed by atoms with Gasteiger partial charge in [-0.25, -0.2) is 0 Å². The monoisotopic (exact) mass is 268 g/mol. The summed E-state index contributed by atoms with van der Waals surface area (Å²) in [5.74, 6) is 0.749. The predicted molar refractivity (Wildman–Crippen MR) is 79.2 cm³/mol. The number of phenols is 1. The van der Waals surface area contributed by atoms with Gasteiger partial charge in [0.25, 0.3) is 0 Å². The fraction of sp³-hybridized carbons (Fsp3) is 0.118. The molecule has 0 heterocycles. The summed E-state index contributed by atoms with van der Waals surface area (Å²) in [6.45, 7) is 5.99. The van der Waals surface area contributed by atoms with Crippen molar-refractivity contribution in [3.8, 4) is 22.6 Å². The first-order valence-electron chi connectivity index (χ1n) is 6.38. The molecule has 2 aromatic rings. The molecule has 3 nitrogen and oxygen atoms in total. The fourth-order valence-electron chi connectivity index (χ4n) is 1.98. The maximum atomic E-state index is 11.9. The van der Waals surface area contributed by atoms with Crippen molar-refractivity contribution in [2.24, 2.45) is 0 Å². The number of carbonyl (C=O) groups excluding carboxylic acids is 1. The van der Waals surface area contributed by atoms with E-state index in [2.05, 4.69) is 6.58 Å². The van der Waals surface area contributed by atoms with E-state index in [9.17, 15) is 9.90 Å². The summed E-state index contributed by atoms with van der Waals surface area (Å²) in [6, 6.07) is 12.0. The number of hydrogen-bond donors (Lipinski definition) is 1. The molecule has 0 atom stereocenters. The minimum absolute atomic E-state index is 0.142. The van der Waals surface area contributed by atoms with Gasteiger partial charge in [0.15, 0.2) is 5.78 Å². The van der Waals surface area contributed by atoms with Gasteiger partial charge in [-0.2, -0.15) is 0 Å². The van der Waals surface area contributed by atoms with E-state index < -0.39 is 0 Å². The molecule has 0 saturated heterocycles. The van der Waals surface area contributed by atoms with Gasteiger partial charge in [0.1, 0.15) is 11.5 Å². The van der Waals surface area contributed by atoms with Crippen LogP contribution < -0.4 is 4.74 Å². The molecule has 0 amide bonds. The highest BCUT2D eigenvalue weighted by atomic mass is 16.5. The molecule has 0 radical (unpaired) electrons. The lowest BCUT2D eigenvalue weighted by atomic mass is 9.96. The van der Waals surface area contributed by atoms with Crippen LogP contribution >= 0.6 is 0 Å². The van der Waals surface area contributed by atoms with Gasteiger partial charge in [-0.15, -0.1) is 0 Å². The van der Waals surface area contributed by atoms with E-state index >= 15 is 0 Å². The zero-order valence-corrected chi connectivity index (χ0v) is 11.3. The van der Waals surface area contributed by atoms with Crippen LogP contribution in [0.1, 0.15) is 17.3 Å². The van der Waals surface area contributed by atoms with Crippen molar-refractivity contribution in [3.63, 3.8) is 0 Å². The lowest BCUT2D eigenvalue weighted by Crippen LogP contribution is -1.99. The molecule has 0 aliphatic heterocycles. The van der Waals surface area contributed by atoms with Crippen molar-refractivity contribution in [2.75, 3.05) is 6.61 Å².